The molecule has 20 heavy (non-hydrogen) atoms. The lowest BCUT2D eigenvalue weighted by Crippen LogP contribution is -2.25. The third kappa shape index (κ3) is 2.28. The van der Waals surface area contributed by atoms with E-state index in [1.165, 1.54) is 25.7 Å². The van der Waals surface area contributed by atoms with Gasteiger partial charge >= 0.3 is 0 Å². The highest BCUT2D eigenvalue weighted by Gasteiger charge is 2.23. The van der Waals surface area contributed by atoms with Crippen LogP contribution >= 0.6 is 0 Å². The molecule has 3 rings (SSSR count). The molecule has 0 N–H and O–H groups in total. The molecule has 5 heteroatoms. The van der Waals surface area contributed by atoms with Crippen LogP contribution in [0.2, 0.25) is 0 Å². The van der Waals surface area contributed by atoms with Crippen LogP contribution in [0.3, 0.4) is 0 Å². The van der Waals surface area contributed by atoms with E-state index >= 15 is 0 Å². The van der Waals surface area contributed by atoms with E-state index in [4.69, 9.17) is 0 Å². The third-order valence-electron chi connectivity index (χ3n) is 4.13. The van der Waals surface area contributed by atoms with Crippen LogP contribution in [-0.4, -0.2) is 32.4 Å². The summed E-state index contributed by atoms with van der Waals surface area (Å²) in [6.45, 7) is 2.13. The van der Waals surface area contributed by atoms with Crippen LogP contribution in [0.15, 0.2) is 18.3 Å². The minimum Gasteiger partial charge on any atom is -0.339 e. The first kappa shape index (κ1) is 13.1. The first-order chi connectivity index (χ1) is 9.66. The second-order valence-electron chi connectivity index (χ2n) is 5.56. The summed E-state index contributed by atoms with van der Waals surface area (Å²) in [6, 6.07) is 4.38. The van der Waals surface area contributed by atoms with Crippen molar-refractivity contribution in [1.29, 1.82) is 0 Å². The van der Waals surface area contributed by atoms with Crippen LogP contribution < -0.4 is 0 Å². The van der Waals surface area contributed by atoms with E-state index in [1.54, 1.807) is 11.8 Å². The molecule has 0 saturated heterocycles. The van der Waals surface area contributed by atoms with Gasteiger partial charge in [0.05, 0.1) is 6.54 Å². The molecule has 0 spiro atoms. The lowest BCUT2D eigenvalue weighted by atomic mass is 10.2. The van der Waals surface area contributed by atoms with Crippen LogP contribution in [0.1, 0.15) is 44.5 Å². The molecule has 106 valence electrons. The molecule has 5 nitrogen and oxygen atoms in total. The predicted molar refractivity (Wildman–Crippen MR) is 77.2 cm³/mol. The summed E-state index contributed by atoms with van der Waals surface area (Å²) in [6.07, 6.45) is 6.70. The Morgan fingerprint density at radius 2 is 2.20 bits per heavy atom. The molecule has 1 saturated carbocycles. The average molecular weight is 272 g/mol. The van der Waals surface area contributed by atoms with E-state index < -0.39 is 0 Å². The molecule has 1 aliphatic rings. The van der Waals surface area contributed by atoms with Crippen LogP contribution in [0.25, 0.3) is 11.2 Å². The molecule has 0 atom stereocenters. The van der Waals surface area contributed by atoms with Gasteiger partial charge in [0.25, 0.3) is 0 Å². The highest BCUT2D eigenvalue weighted by Crippen LogP contribution is 2.33. The van der Waals surface area contributed by atoms with Gasteiger partial charge in [-0.15, -0.1) is 0 Å². The van der Waals surface area contributed by atoms with Gasteiger partial charge in [0.2, 0.25) is 5.91 Å². The maximum atomic E-state index is 11.5. The van der Waals surface area contributed by atoms with E-state index in [2.05, 4.69) is 14.5 Å². The first-order valence-corrected chi connectivity index (χ1v) is 7.20. The Labute approximate surface area is 118 Å². The standard InChI is InChI=1S/C15H20N4O/c1-11(20)18(2)10-14-17-13-8-5-9-16-15(13)19(14)12-6-3-4-7-12/h5,8-9,12H,3-4,6-7,10H2,1-2H3. The average Bonchev–Trinajstić information content (AvgIpc) is 3.04. The minimum atomic E-state index is 0.0583. The van der Waals surface area contributed by atoms with Gasteiger partial charge in [-0.05, 0) is 25.0 Å². The van der Waals surface area contributed by atoms with E-state index in [0.29, 0.717) is 12.6 Å². The maximum Gasteiger partial charge on any atom is 0.219 e. The molecular formula is C15H20N4O. The normalized spacial score (nSPS) is 15.9. The Bertz CT molecular complexity index is 628. The molecule has 0 unspecified atom stereocenters. The Balaban J connectivity index is 2.05. The van der Waals surface area contributed by atoms with E-state index in [-0.39, 0.29) is 5.91 Å². The summed E-state index contributed by atoms with van der Waals surface area (Å²) >= 11 is 0. The number of imidazole rings is 1. The van der Waals surface area contributed by atoms with Crippen LogP contribution in [0.4, 0.5) is 0 Å². The van der Waals surface area contributed by atoms with Gasteiger partial charge in [-0.2, -0.15) is 0 Å². The summed E-state index contributed by atoms with van der Waals surface area (Å²) < 4.78 is 2.25. The zero-order valence-corrected chi connectivity index (χ0v) is 12.0. The summed E-state index contributed by atoms with van der Waals surface area (Å²) in [4.78, 5) is 22.4. The molecule has 2 aromatic heterocycles. The van der Waals surface area contributed by atoms with E-state index in [1.807, 2.05) is 25.4 Å². The van der Waals surface area contributed by atoms with Crippen molar-refractivity contribution in [2.24, 2.45) is 0 Å². The fourth-order valence-electron chi connectivity index (χ4n) is 2.96. The molecule has 2 heterocycles. The molecule has 0 radical (unpaired) electrons. The monoisotopic (exact) mass is 272 g/mol. The summed E-state index contributed by atoms with van der Waals surface area (Å²) in [7, 11) is 1.81. The lowest BCUT2D eigenvalue weighted by Gasteiger charge is -2.19. The van der Waals surface area contributed by atoms with Gasteiger partial charge in [-0.3, -0.25) is 4.79 Å². The first-order valence-electron chi connectivity index (χ1n) is 7.20. The van der Waals surface area contributed by atoms with Crippen molar-refractivity contribution in [3.8, 4) is 0 Å². The lowest BCUT2D eigenvalue weighted by molar-refractivity contribution is -0.128. The van der Waals surface area contributed by atoms with Crippen molar-refractivity contribution in [3.05, 3.63) is 24.2 Å². The van der Waals surface area contributed by atoms with Gasteiger partial charge in [0, 0.05) is 26.2 Å². The van der Waals surface area contributed by atoms with Crippen LogP contribution in [0.5, 0.6) is 0 Å². The number of fused-ring (bicyclic) bond motifs is 1. The zero-order valence-electron chi connectivity index (χ0n) is 12.0. The Morgan fingerprint density at radius 1 is 1.45 bits per heavy atom. The highest BCUT2D eigenvalue weighted by molar-refractivity contribution is 5.74. The molecule has 0 aromatic carbocycles. The number of hydrogen-bond donors (Lipinski definition) is 0. The molecule has 1 amide bonds. The smallest absolute Gasteiger partial charge is 0.219 e. The van der Waals surface area contributed by atoms with Gasteiger partial charge in [-0.25, -0.2) is 9.97 Å². The predicted octanol–water partition coefficient (Wildman–Crippen LogP) is 2.52. The van der Waals surface area contributed by atoms with Crippen molar-refractivity contribution in [2.45, 2.75) is 45.2 Å². The van der Waals surface area contributed by atoms with Crippen LogP contribution in [-0.2, 0) is 11.3 Å². The minimum absolute atomic E-state index is 0.0583. The fraction of sp³-hybridized carbons (Fsp3) is 0.533. The number of aromatic nitrogens is 3. The maximum absolute atomic E-state index is 11.5. The van der Waals surface area contributed by atoms with Crippen molar-refractivity contribution >= 4 is 17.1 Å². The second kappa shape index (κ2) is 5.23. The summed E-state index contributed by atoms with van der Waals surface area (Å²) in [5, 5.41) is 0. The number of amides is 1. The summed E-state index contributed by atoms with van der Waals surface area (Å²) in [5.41, 5.74) is 1.87. The molecule has 1 aliphatic carbocycles. The van der Waals surface area contributed by atoms with Crippen molar-refractivity contribution in [2.75, 3.05) is 7.05 Å². The largest absolute Gasteiger partial charge is 0.339 e. The Hall–Kier alpha value is -1.91. The van der Waals surface area contributed by atoms with Crippen molar-refractivity contribution in [1.82, 2.24) is 19.4 Å². The van der Waals surface area contributed by atoms with Crippen molar-refractivity contribution in [3.63, 3.8) is 0 Å². The number of pyridine rings is 1. The quantitative estimate of drug-likeness (QED) is 0.862. The highest BCUT2D eigenvalue weighted by atomic mass is 16.2. The van der Waals surface area contributed by atoms with E-state index in [9.17, 15) is 4.79 Å². The number of nitrogens with zero attached hydrogens (tertiary/aromatic N) is 4. The SMILES string of the molecule is CC(=O)N(C)Cc1nc2cccnc2n1C1CCCC1. The van der Waals surface area contributed by atoms with E-state index in [0.717, 1.165) is 17.0 Å². The molecule has 1 fully saturated rings. The molecular weight excluding hydrogens is 252 g/mol. The third-order valence-corrected chi connectivity index (χ3v) is 4.13. The van der Waals surface area contributed by atoms with Crippen LogP contribution in [0, 0.1) is 0 Å². The topological polar surface area (TPSA) is 51.0 Å². The zero-order chi connectivity index (χ0) is 14.1. The molecule has 0 aliphatic heterocycles. The second-order valence-corrected chi connectivity index (χ2v) is 5.56. The van der Waals surface area contributed by atoms with Gasteiger partial charge < -0.3 is 9.47 Å². The Morgan fingerprint density at radius 3 is 2.90 bits per heavy atom. The number of carbonyl (C=O) groups excluding carboxylic acids is 1. The van der Waals surface area contributed by atoms with Gasteiger partial charge in [0.15, 0.2) is 5.65 Å². The number of rotatable bonds is 3. The Kier molecular flexibility index (Phi) is 3.42. The fourth-order valence-corrected chi connectivity index (χ4v) is 2.96. The van der Waals surface area contributed by atoms with Gasteiger partial charge in [-0.1, -0.05) is 12.8 Å². The molecule has 2 aromatic rings. The number of carbonyl (C=O) groups is 1. The van der Waals surface area contributed by atoms with Crippen molar-refractivity contribution < 1.29 is 4.79 Å². The molecule has 0 bridgehead atoms. The summed E-state index contributed by atoms with van der Waals surface area (Å²) in [5.74, 6) is 1.01. The number of hydrogen-bond acceptors (Lipinski definition) is 3. The van der Waals surface area contributed by atoms with Gasteiger partial charge in [0.1, 0.15) is 11.3 Å².